The summed E-state index contributed by atoms with van der Waals surface area (Å²) in [5.74, 6) is -1.84. The summed E-state index contributed by atoms with van der Waals surface area (Å²) in [5, 5.41) is 16.7. The number of hydrogen-bond acceptors (Lipinski definition) is 7. The van der Waals surface area contributed by atoms with Crippen molar-refractivity contribution in [2.45, 2.75) is 38.5 Å². The van der Waals surface area contributed by atoms with E-state index in [1.54, 1.807) is 0 Å². The molecule has 0 aliphatic heterocycles. The average molecular weight is 648 g/mol. The van der Waals surface area contributed by atoms with Gasteiger partial charge >= 0.3 is 6.01 Å². The summed E-state index contributed by atoms with van der Waals surface area (Å²) in [5.41, 5.74) is 1.47. The first-order chi connectivity index (χ1) is 17.4. The summed E-state index contributed by atoms with van der Waals surface area (Å²) in [7, 11) is -3.62. The normalized spacial score (nSPS) is 13.2. The highest BCUT2D eigenvalue weighted by Crippen LogP contribution is 2.17. The van der Waals surface area contributed by atoms with Crippen LogP contribution in [0, 0.1) is 22.1 Å². The second kappa shape index (κ2) is 12.8. The molecule has 0 unspecified atom stereocenters. The summed E-state index contributed by atoms with van der Waals surface area (Å²) in [6.45, 7) is 2.09. The fraction of sp³-hybridized carbons (Fsp3) is 0.333. The Morgan fingerprint density at radius 3 is 2.51 bits per heavy atom. The van der Waals surface area contributed by atoms with E-state index in [-0.39, 0.29) is 42.4 Å². The Labute approximate surface area is 227 Å². The molecule has 200 valence electrons. The van der Waals surface area contributed by atoms with Crippen molar-refractivity contribution in [3.05, 3.63) is 80.3 Å². The Morgan fingerprint density at radius 1 is 1.16 bits per heavy atom. The van der Waals surface area contributed by atoms with Crippen LogP contribution in [0.2, 0.25) is 0 Å². The molecule has 3 aromatic rings. The minimum absolute atomic E-state index is 0.0365. The van der Waals surface area contributed by atoms with E-state index in [1.165, 1.54) is 6.92 Å². The first-order valence-electron chi connectivity index (χ1n) is 11.2. The smallest absolute Gasteiger partial charge is 0.309 e. The zero-order valence-corrected chi connectivity index (χ0v) is 23.1. The Morgan fingerprint density at radius 2 is 1.86 bits per heavy atom. The fourth-order valence-electron chi connectivity index (χ4n) is 3.62. The van der Waals surface area contributed by atoms with Crippen molar-refractivity contribution in [2.24, 2.45) is 0 Å². The topological polar surface area (TPSA) is 134 Å². The molecule has 3 rings (SSSR count). The van der Waals surface area contributed by atoms with Gasteiger partial charge in [-0.25, -0.2) is 21.9 Å². The third-order valence-electron chi connectivity index (χ3n) is 5.25. The molecule has 1 heterocycles. The van der Waals surface area contributed by atoms with Crippen LogP contribution in [-0.4, -0.2) is 49.4 Å². The number of rotatable bonds is 12. The number of aromatic nitrogens is 1. The number of anilines is 1. The van der Waals surface area contributed by atoms with Crippen LogP contribution in [0.5, 0.6) is 0 Å². The second-order valence-electron chi connectivity index (χ2n) is 8.56. The lowest BCUT2D eigenvalue weighted by Gasteiger charge is -2.25. The molecule has 0 aliphatic rings. The number of carbonyl (C=O) groups is 1. The predicted molar refractivity (Wildman–Crippen MR) is 142 cm³/mol. The number of aliphatic hydroxyl groups is 1. The van der Waals surface area contributed by atoms with Crippen molar-refractivity contribution in [1.29, 1.82) is 0 Å². The molecule has 4 N–H and O–H groups in total. The Kier molecular flexibility index (Phi) is 9.98. The van der Waals surface area contributed by atoms with Gasteiger partial charge in [0, 0.05) is 22.7 Å². The van der Waals surface area contributed by atoms with Crippen LogP contribution in [-0.2, 0) is 34.2 Å². The van der Waals surface area contributed by atoms with Crippen LogP contribution in [0.1, 0.15) is 22.6 Å². The highest BCUT2D eigenvalue weighted by Gasteiger charge is 2.24. The van der Waals surface area contributed by atoms with Crippen LogP contribution in [0.4, 0.5) is 14.8 Å². The molecule has 0 radical (unpaired) electrons. The molecular weight excluding hydrogens is 621 g/mol. The molecule has 0 aliphatic carbocycles. The molecule has 1 aromatic heterocycles. The number of sulfonamides is 1. The minimum Gasteiger partial charge on any atom is -0.428 e. The van der Waals surface area contributed by atoms with Gasteiger partial charge in [-0.3, -0.25) is 4.79 Å². The van der Waals surface area contributed by atoms with Gasteiger partial charge < -0.3 is 20.2 Å². The van der Waals surface area contributed by atoms with E-state index in [2.05, 4.69) is 42.9 Å². The van der Waals surface area contributed by atoms with Gasteiger partial charge in [0.2, 0.25) is 15.9 Å². The third-order valence-corrected chi connectivity index (χ3v) is 6.47. The van der Waals surface area contributed by atoms with E-state index in [0.29, 0.717) is 6.54 Å². The molecule has 0 saturated carbocycles. The number of nitrogens with one attached hydrogen (secondary N) is 3. The van der Waals surface area contributed by atoms with Crippen molar-refractivity contribution in [3.63, 3.8) is 0 Å². The summed E-state index contributed by atoms with van der Waals surface area (Å²) in [6, 6.07) is 9.65. The molecule has 0 saturated heterocycles. The molecule has 13 heteroatoms. The standard InChI is InChI=1S/C24H27F2IN4O5S/c1-14-20(30-24(36-14)31-37(2,34)35)11-23(33)29-21(9-16-6-17(25)10-18(26)7-16)22(32)13-28-12-15-4-3-5-19(27)8-15/h3-8,10,21-22,28,32H,9,11-13H2,1-2H3,(H,29,33)(H,30,31)/t21-,22+/m0/s1. The van der Waals surface area contributed by atoms with Crippen LogP contribution in [0.3, 0.4) is 0 Å². The lowest BCUT2D eigenvalue weighted by molar-refractivity contribution is -0.122. The van der Waals surface area contributed by atoms with Crippen LogP contribution in [0.15, 0.2) is 46.9 Å². The fourth-order valence-corrected chi connectivity index (χ4v) is 4.64. The molecule has 9 nitrogen and oxygen atoms in total. The molecule has 0 bridgehead atoms. The van der Waals surface area contributed by atoms with Crippen molar-refractivity contribution < 1.29 is 31.5 Å². The first kappa shape index (κ1) is 28.9. The zero-order valence-electron chi connectivity index (χ0n) is 20.1. The van der Waals surface area contributed by atoms with Gasteiger partial charge in [0.15, 0.2) is 0 Å². The Balaban J connectivity index is 1.70. The number of amides is 1. The van der Waals surface area contributed by atoms with E-state index in [1.807, 2.05) is 24.3 Å². The van der Waals surface area contributed by atoms with Crippen molar-refractivity contribution in [3.8, 4) is 0 Å². The van der Waals surface area contributed by atoms with Gasteiger partial charge in [-0.15, -0.1) is 0 Å². The largest absolute Gasteiger partial charge is 0.428 e. The van der Waals surface area contributed by atoms with E-state index >= 15 is 0 Å². The summed E-state index contributed by atoms with van der Waals surface area (Å²) in [4.78, 5) is 16.8. The van der Waals surface area contributed by atoms with Crippen molar-refractivity contribution in [2.75, 3.05) is 17.5 Å². The predicted octanol–water partition coefficient (Wildman–Crippen LogP) is 2.66. The number of benzene rings is 2. The van der Waals surface area contributed by atoms with Gasteiger partial charge in [0.05, 0.1) is 30.5 Å². The Hall–Kier alpha value is -2.62. The number of oxazole rings is 1. The van der Waals surface area contributed by atoms with E-state index in [9.17, 15) is 27.1 Å². The van der Waals surface area contributed by atoms with Gasteiger partial charge in [-0.05, 0) is 71.3 Å². The maximum Gasteiger partial charge on any atom is 0.309 e. The molecule has 2 aromatic carbocycles. The van der Waals surface area contributed by atoms with Crippen LogP contribution < -0.4 is 15.4 Å². The number of aryl methyl sites for hydroxylation is 1. The maximum atomic E-state index is 13.7. The number of hydrogen-bond donors (Lipinski definition) is 4. The summed E-state index contributed by atoms with van der Waals surface area (Å²) in [6.07, 6.45) is -0.464. The molecule has 2 atom stereocenters. The number of halogens is 3. The van der Waals surface area contributed by atoms with Gasteiger partial charge in [-0.2, -0.15) is 4.98 Å². The average Bonchev–Trinajstić information content (AvgIpc) is 3.09. The minimum atomic E-state index is -3.62. The van der Waals surface area contributed by atoms with Crippen molar-refractivity contribution >= 4 is 44.5 Å². The number of aliphatic hydroxyl groups excluding tert-OH is 1. The number of carbonyl (C=O) groups excluding carboxylic acids is 1. The molecule has 1 amide bonds. The Bertz CT molecular complexity index is 1330. The molecule has 0 fully saturated rings. The maximum absolute atomic E-state index is 13.7. The van der Waals surface area contributed by atoms with Crippen molar-refractivity contribution in [1.82, 2.24) is 15.6 Å². The quantitative estimate of drug-likeness (QED) is 0.222. The SMILES string of the molecule is Cc1oc(NS(C)(=O)=O)nc1CC(=O)N[C@@H](Cc1cc(F)cc(F)c1)[C@H](O)CNCc1cccc(I)c1. The van der Waals surface area contributed by atoms with Gasteiger partial charge in [0.25, 0.3) is 0 Å². The van der Waals surface area contributed by atoms with E-state index < -0.39 is 39.7 Å². The van der Waals surface area contributed by atoms with Crippen LogP contribution in [0.25, 0.3) is 0 Å². The second-order valence-corrected chi connectivity index (χ2v) is 11.6. The lowest BCUT2D eigenvalue weighted by atomic mass is 10.00. The third kappa shape index (κ3) is 9.64. The van der Waals surface area contributed by atoms with Gasteiger partial charge in [-0.1, -0.05) is 12.1 Å². The van der Waals surface area contributed by atoms with E-state index in [4.69, 9.17) is 4.42 Å². The zero-order chi connectivity index (χ0) is 27.2. The summed E-state index contributed by atoms with van der Waals surface area (Å²) < 4.78 is 58.7. The molecular formula is C24H27F2IN4O5S. The monoisotopic (exact) mass is 648 g/mol. The van der Waals surface area contributed by atoms with Gasteiger partial charge in [0.1, 0.15) is 17.4 Å². The summed E-state index contributed by atoms with van der Waals surface area (Å²) >= 11 is 2.20. The highest BCUT2D eigenvalue weighted by molar-refractivity contribution is 14.1. The van der Waals surface area contributed by atoms with Crippen LogP contribution >= 0.6 is 22.6 Å². The molecule has 0 spiro atoms. The first-order valence-corrected chi connectivity index (χ1v) is 14.2. The van der Waals surface area contributed by atoms with E-state index in [0.717, 1.165) is 33.6 Å². The lowest BCUT2D eigenvalue weighted by Crippen LogP contribution is -2.49. The molecule has 37 heavy (non-hydrogen) atoms. The highest BCUT2D eigenvalue weighted by atomic mass is 127. The number of nitrogens with zero attached hydrogens (tertiary/aromatic N) is 1.